The van der Waals surface area contributed by atoms with Crippen LogP contribution in [0.3, 0.4) is 0 Å². The summed E-state index contributed by atoms with van der Waals surface area (Å²) in [7, 11) is -1.54. The molecule has 1 saturated heterocycles. The second kappa shape index (κ2) is 8.02. The van der Waals surface area contributed by atoms with Crippen LogP contribution in [0.1, 0.15) is 30.0 Å². The zero-order valence-corrected chi connectivity index (χ0v) is 18.4. The summed E-state index contributed by atoms with van der Waals surface area (Å²) in [6, 6.07) is 8.61. The minimum absolute atomic E-state index is 0.105. The molecule has 2 aromatic heterocycles. The normalized spacial score (nSPS) is 16.4. The Kier molecular flexibility index (Phi) is 5.60. The molecule has 3 aromatic rings. The smallest absolute Gasteiger partial charge is 0.238 e. The van der Waals surface area contributed by atoms with Crippen molar-refractivity contribution in [3.05, 3.63) is 52.3 Å². The number of piperidine rings is 1. The maximum Gasteiger partial charge on any atom is 0.238 e. The molecule has 154 valence electrons. The Bertz CT molecular complexity index is 1120. The number of halogens is 1. The number of nitrogens with zero attached hydrogens (tertiary/aromatic N) is 4. The minimum atomic E-state index is -3.69. The molecular weight excluding hydrogens is 456 g/mol. The quantitative estimate of drug-likeness (QED) is 0.583. The molecule has 1 aliphatic rings. The van der Waals surface area contributed by atoms with Crippen LogP contribution < -0.4 is 10.5 Å². The van der Waals surface area contributed by atoms with Gasteiger partial charge < -0.3 is 10.2 Å². The monoisotopic (exact) mass is 478 g/mol. The summed E-state index contributed by atoms with van der Waals surface area (Å²) in [5.74, 6) is 1.28. The molecule has 0 amide bonds. The van der Waals surface area contributed by atoms with Crippen LogP contribution in [0.15, 0.2) is 45.9 Å². The average Bonchev–Trinajstić information content (AvgIpc) is 3.07. The average molecular weight is 479 g/mol. The summed E-state index contributed by atoms with van der Waals surface area (Å²) in [5, 5.41) is 13.0. The molecule has 0 atom stereocenters. The van der Waals surface area contributed by atoms with Gasteiger partial charge in [0.1, 0.15) is 5.82 Å². The standard InChI is InChI=1S/C19H23BrN6O2S/c1-25-8-6-14(7-9-25)17-10-18(26-19(24-17)16(20)12-23-26)22-11-13-2-4-15(5-3-13)29(21,27)28/h2-5,10,12,14,22H,6-9,11H2,1H3,(H2,21,27,28). The van der Waals surface area contributed by atoms with Crippen LogP contribution in [0.25, 0.3) is 5.65 Å². The van der Waals surface area contributed by atoms with E-state index in [-0.39, 0.29) is 4.90 Å². The van der Waals surface area contributed by atoms with Crippen molar-refractivity contribution in [3.63, 3.8) is 0 Å². The number of anilines is 1. The molecule has 0 bridgehead atoms. The van der Waals surface area contributed by atoms with Gasteiger partial charge in [0.25, 0.3) is 0 Å². The van der Waals surface area contributed by atoms with E-state index in [2.05, 4.69) is 44.4 Å². The molecule has 4 rings (SSSR count). The van der Waals surface area contributed by atoms with E-state index in [1.54, 1.807) is 22.8 Å². The van der Waals surface area contributed by atoms with Crippen LogP contribution in [-0.4, -0.2) is 48.1 Å². The van der Waals surface area contributed by atoms with Crippen LogP contribution in [0.4, 0.5) is 5.82 Å². The zero-order chi connectivity index (χ0) is 20.6. The number of rotatable bonds is 5. The van der Waals surface area contributed by atoms with Crippen LogP contribution in [-0.2, 0) is 16.6 Å². The lowest BCUT2D eigenvalue weighted by Crippen LogP contribution is -2.29. The molecule has 1 fully saturated rings. The van der Waals surface area contributed by atoms with E-state index >= 15 is 0 Å². The number of likely N-dealkylation sites (tertiary alicyclic amines) is 1. The van der Waals surface area contributed by atoms with E-state index in [0.29, 0.717) is 12.5 Å². The second-order valence-corrected chi connectivity index (χ2v) is 9.83. The SMILES string of the molecule is CN1CCC(c2cc(NCc3ccc(S(N)(=O)=O)cc3)n3ncc(Br)c3n2)CC1. The van der Waals surface area contributed by atoms with Gasteiger partial charge in [-0.15, -0.1) is 0 Å². The number of nitrogens with one attached hydrogen (secondary N) is 1. The summed E-state index contributed by atoms with van der Waals surface area (Å²) >= 11 is 3.54. The molecule has 0 saturated carbocycles. The fourth-order valence-electron chi connectivity index (χ4n) is 3.58. The number of hydrogen-bond donors (Lipinski definition) is 2. The second-order valence-electron chi connectivity index (χ2n) is 7.41. The van der Waals surface area contributed by atoms with Crippen molar-refractivity contribution in [1.29, 1.82) is 0 Å². The lowest BCUT2D eigenvalue weighted by molar-refractivity contribution is 0.253. The van der Waals surface area contributed by atoms with Crippen molar-refractivity contribution in [1.82, 2.24) is 19.5 Å². The molecule has 8 nitrogen and oxygen atoms in total. The Morgan fingerprint density at radius 2 is 1.93 bits per heavy atom. The maximum atomic E-state index is 11.4. The summed E-state index contributed by atoms with van der Waals surface area (Å²) in [6.45, 7) is 2.66. The Labute approximate surface area is 178 Å². The largest absolute Gasteiger partial charge is 0.366 e. The van der Waals surface area contributed by atoms with E-state index < -0.39 is 10.0 Å². The van der Waals surface area contributed by atoms with Crippen molar-refractivity contribution in [2.75, 3.05) is 25.5 Å². The van der Waals surface area contributed by atoms with Crippen LogP contribution in [0.5, 0.6) is 0 Å². The lowest BCUT2D eigenvalue weighted by Gasteiger charge is -2.28. The van der Waals surface area contributed by atoms with Gasteiger partial charge in [-0.2, -0.15) is 9.61 Å². The van der Waals surface area contributed by atoms with Crippen LogP contribution in [0.2, 0.25) is 0 Å². The molecule has 0 aliphatic carbocycles. The Morgan fingerprint density at radius 1 is 1.24 bits per heavy atom. The number of aromatic nitrogens is 3. The molecule has 0 unspecified atom stereocenters. The highest BCUT2D eigenvalue weighted by Gasteiger charge is 2.22. The highest BCUT2D eigenvalue weighted by molar-refractivity contribution is 9.10. The summed E-state index contributed by atoms with van der Waals surface area (Å²) < 4.78 is 25.5. The highest BCUT2D eigenvalue weighted by atomic mass is 79.9. The molecular formula is C19H23BrN6O2S. The first-order chi connectivity index (χ1) is 13.8. The van der Waals surface area contributed by atoms with Crippen molar-refractivity contribution in [2.45, 2.75) is 30.2 Å². The molecule has 1 aliphatic heterocycles. The van der Waals surface area contributed by atoms with Crippen molar-refractivity contribution < 1.29 is 8.42 Å². The number of primary sulfonamides is 1. The predicted molar refractivity (Wildman–Crippen MR) is 115 cm³/mol. The minimum Gasteiger partial charge on any atom is -0.366 e. The van der Waals surface area contributed by atoms with E-state index in [9.17, 15) is 8.42 Å². The number of fused-ring (bicyclic) bond motifs is 1. The lowest BCUT2D eigenvalue weighted by atomic mass is 9.93. The third-order valence-corrected chi connectivity index (χ3v) is 6.80. The van der Waals surface area contributed by atoms with Crippen LogP contribution in [0, 0.1) is 0 Å². The highest BCUT2D eigenvalue weighted by Crippen LogP contribution is 2.30. The zero-order valence-electron chi connectivity index (χ0n) is 16.0. The first kappa shape index (κ1) is 20.3. The van der Waals surface area contributed by atoms with Gasteiger partial charge in [0.2, 0.25) is 10.0 Å². The first-order valence-electron chi connectivity index (χ1n) is 9.39. The summed E-state index contributed by atoms with van der Waals surface area (Å²) in [5.41, 5.74) is 2.79. The predicted octanol–water partition coefficient (Wildman–Crippen LogP) is 2.56. The number of hydrogen-bond acceptors (Lipinski definition) is 6. The molecule has 0 spiro atoms. The fourth-order valence-corrected chi connectivity index (χ4v) is 4.45. The van der Waals surface area contributed by atoms with Gasteiger partial charge in [-0.25, -0.2) is 18.5 Å². The Balaban J connectivity index is 1.59. The van der Waals surface area contributed by atoms with Gasteiger partial charge in [0.05, 0.1) is 15.6 Å². The van der Waals surface area contributed by atoms with E-state index in [1.165, 1.54) is 12.1 Å². The van der Waals surface area contributed by atoms with Gasteiger partial charge in [-0.3, -0.25) is 0 Å². The van der Waals surface area contributed by atoms with E-state index in [0.717, 1.165) is 53.1 Å². The first-order valence-corrected chi connectivity index (χ1v) is 11.7. The van der Waals surface area contributed by atoms with Gasteiger partial charge in [-0.05, 0) is 66.6 Å². The Morgan fingerprint density at radius 3 is 2.59 bits per heavy atom. The third-order valence-electron chi connectivity index (χ3n) is 5.31. The van der Waals surface area contributed by atoms with E-state index in [4.69, 9.17) is 10.1 Å². The van der Waals surface area contributed by atoms with Gasteiger partial charge >= 0.3 is 0 Å². The van der Waals surface area contributed by atoms with Gasteiger partial charge in [-0.1, -0.05) is 12.1 Å². The van der Waals surface area contributed by atoms with Crippen LogP contribution >= 0.6 is 15.9 Å². The number of sulfonamides is 1. The summed E-state index contributed by atoms with van der Waals surface area (Å²) in [4.78, 5) is 7.30. The van der Waals surface area contributed by atoms with Gasteiger partial charge in [0.15, 0.2) is 5.65 Å². The topological polar surface area (TPSA) is 106 Å². The van der Waals surface area contributed by atoms with Crippen molar-refractivity contribution >= 4 is 37.4 Å². The molecule has 3 N–H and O–H groups in total. The summed E-state index contributed by atoms with van der Waals surface area (Å²) in [6.07, 6.45) is 3.91. The molecule has 10 heteroatoms. The van der Waals surface area contributed by atoms with Crippen molar-refractivity contribution in [2.24, 2.45) is 5.14 Å². The fraction of sp³-hybridized carbons (Fsp3) is 0.368. The maximum absolute atomic E-state index is 11.4. The Hall–Kier alpha value is -2.01. The van der Waals surface area contributed by atoms with Crippen molar-refractivity contribution in [3.8, 4) is 0 Å². The third kappa shape index (κ3) is 4.45. The molecule has 29 heavy (non-hydrogen) atoms. The molecule has 1 aromatic carbocycles. The van der Waals surface area contributed by atoms with Gasteiger partial charge in [0, 0.05) is 24.2 Å². The number of nitrogens with two attached hydrogens (primary N) is 1. The molecule has 0 radical (unpaired) electrons. The molecule has 3 heterocycles. The number of benzene rings is 1. The van der Waals surface area contributed by atoms with E-state index in [1.807, 2.05) is 0 Å².